The zero-order valence-corrected chi connectivity index (χ0v) is 12.9. The molecular weight excluding hydrogens is 316 g/mol. The average Bonchev–Trinajstić information content (AvgIpc) is 2.32. The molecule has 102 valence electrons. The third-order valence-corrected chi connectivity index (χ3v) is 3.01. The van der Waals surface area contributed by atoms with E-state index in [1.807, 2.05) is 19.2 Å². The number of halogens is 2. The van der Waals surface area contributed by atoms with E-state index >= 15 is 0 Å². The molecule has 0 aliphatic heterocycles. The standard InChI is InChI=1S/C13H19BrN2O.ClH/c1-15-9-2-3-13(17)16-10-8-11-4-6-12(14)7-5-11;/h4-7,15H,2-3,8-10H2,1H3,(H,16,17);1H. The lowest BCUT2D eigenvalue weighted by atomic mass is 10.1. The van der Waals surface area contributed by atoms with Gasteiger partial charge in [-0.25, -0.2) is 0 Å². The largest absolute Gasteiger partial charge is 0.356 e. The topological polar surface area (TPSA) is 41.1 Å². The molecule has 1 aromatic rings. The highest BCUT2D eigenvalue weighted by Gasteiger charge is 2.00. The summed E-state index contributed by atoms with van der Waals surface area (Å²) in [4.78, 5) is 11.4. The number of nitrogens with one attached hydrogen (secondary N) is 2. The molecule has 0 aromatic heterocycles. The molecule has 0 bridgehead atoms. The van der Waals surface area contributed by atoms with Crippen LogP contribution in [0.5, 0.6) is 0 Å². The second kappa shape index (κ2) is 10.4. The summed E-state index contributed by atoms with van der Waals surface area (Å²) < 4.78 is 1.08. The van der Waals surface area contributed by atoms with Crippen molar-refractivity contribution in [3.8, 4) is 0 Å². The van der Waals surface area contributed by atoms with Gasteiger partial charge in [0, 0.05) is 17.4 Å². The van der Waals surface area contributed by atoms with Gasteiger partial charge in [0.1, 0.15) is 0 Å². The van der Waals surface area contributed by atoms with E-state index in [0.29, 0.717) is 13.0 Å². The van der Waals surface area contributed by atoms with Crippen molar-refractivity contribution in [2.24, 2.45) is 0 Å². The fourth-order valence-electron chi connectivity index (χ4n) is 1.51. The van der Waals surface area contributed by atoms with Crippen molar-refractivity contribution in [2.75, 3.05) is 20.1 Å². The Labute approximate surface area is 123 Å². The highest BCUT2D eigenvalue weighted by atomic mass is 79.9. The van der Waals surface area contributed by atoms with Crippen LogP contribution < -0.4 is 10.6 Å². The lowest BCUT2D eigenvalue weighted by Crippen LogP contribution is -2.26. The number of carbonyl (C=O) groups excluding carboxylic acids is 1. The maximum Gasteiger partial charge on any atom is 0.220 e. The Morgan fingerprint density at radius 3 is 2.50 bits per heavy atom. The van der Waals surface area contributed by atoms with Crippen molar-refractivity contribution in [2.45, 2.75) is 19.3 Å². The molecule has 0 atom stereocenters. The first-order valence-corrected chi connectivity index (χ1v) is 6.67. The Balaban J connectivity index is 0.00000289. The Kier molecular flexibility index (Phi) is 10.0. The summed E-state index contributed by atoms with van der Waals surface area (Å²) in [6.45, 7) is 1.60. The number of hydrogen-bond donors (Lipinski definition) is 2. The van der Waals surface area contributed by atoms with Crippen molar-refractivity contribution in [1.29, 1.82) is 0 Å². The average molecular weight is 336 g/mol. The molecule has 2 N–H and O–H groups in total. The molecule has 18 heavy (non-hydrogen) atoms. The Bertz CT molecular complexity index is 343. The highest BCUT2D eigenvalue weighted by molar-refractivity contribution is 9.10. The molecule has 1 amide bonds. The second-order valence-electron chi connectivity index (χ2n) is 3.93. The normalized spacial score (nSPS) is 9.67. The molecule has 3 nitrogen and oxygen atoms in total. The lowest BCUT2D eigenvalue weighted by molar-refractivity contribution is -0.121. The van der Waals surface area contributed by atoms with Gasteiger partial charge in [0.2, 0.25) is 5.91 Å². The summed E-state index contributed by atoms with van der Waals surface area (Å²) >= 11 is 3.40. The Hall–Kier alpha value is -0.580. The van der Waals surface area contributed by atoms with Crippen molar-refractivity contribution >= 4 is 34.2 Å². The molecule has 0 radical (unpaired) electrons. The minimum Gasteiger partial charge on any atom is -0.356 e. The summed E-state index contributed by atoms with van der Waals surface area (Å²) in [7, 11) is 1.89. The van der Waals surface area contributed by atoms with Gasteiger partial charge in [0.05, 0.1) is 0 Å². The first-order valence-electron chi connectivity index (χ1n) is 5.88. The van der Waals surface area contributed by atoms with E-state index in [1.165, 1.54) is 5.56 Å². The van der Waals surface area contributed by atoms with E-state index < -0.39 is 0 Å². The van der Waals surface area contributed by atoms with Gasteiger partial charge in [-0.05, 0) is 44.1 Å². The fourth-order valence-corrected chi connectivity index (χ4v) is 1.78. The van der Waals surface area contributed by atoms with Crippen LogP contribution in [0.25, 0.3) is 0 Å². The van der Waals surface area contributed by atoms with Crippen molar-refractivity contribution < 1.29 is 4.79 Å². The van der Waals surface area contributed by atoms with Crippen LogP contribution in [-0.2, 0) is 11.2 Å². The van der Waals surface area contributed by atoms with Crippen LogP contribution in [0.4, 0.5) is 0 Å². The van der Waals surface area contributed by atoms with Gasteiger partial charge >= 0.3 is 0 Å². The molecule has 0 saturated carbocycles. The van der Waals surface area contributed by atoms with Gasteiger partial charge in [0.15, 0.2) is 0 Å². The first-order chi connectivity index (χ1) is 8.22. The lowest BCUT2D eigenvalue weighted by Gasteiger charge is -2.05. The van der Waals surface area contributed by atoms with Crippen LogP contribution >= 0.6 is 28.3 Å². The predicted octanol–water partition coefficient (Wildman–Crippen LogP) is 2.53. The van der Waals surface area contributed by atoms with Gasteiger partial charge in [-0.3, -0.25) is 4.79 Å². The molecule has 5 heteroatoms. The summed E-state index contributed by atoms with van der Waals surface area (Å²) in [6, 6.07) is 8.17. The van der Waals surface area contributed by atoms with Crippen molar-refractivity contribution in [1.82, 2.24) is 10.6 Å². The predicted molar refractivity (Wildman–Crippen MR) is 81.3 cm³/mol. The van der Waals surface area contributed by atoms with Gasteiger partial charge < -0.3 is 10.6 Å². The third-order valence-electron chi connectivity index (χ3n) is 2.48. The maximum atomic E-state index is 11.4. The number of hydrogen-bond acceptors (Lipinski definition) is 2. The zero-order valence-electron chi connectivity index (χ0n) is 10.5. The molecule has 0 saturated heterocycles. The van der Waals surface area contributed by atoms with Gasteiger partial charge in [0.25, 0.3) is 0 Å². The summed E-state index contributed by atoms with van der Waals surface area (Å²) in [5, 5.41) is 5.95. The molecule has 1 aromatic carbocycles. The van der Waals surface area contributed by atoms with Crippen molar-refractivity contribution in [3.63, 3.8) is 0 Å². The number of rotatable bonds is 7. The van der Waals surface area contributed by atoms with Crippen LogP contribution in [0.15, 0.2) is 28.7 Å². The maximum absolute atomic E-state index is 11.4. The van der Waals surface area contributed by atoms with Crippen molar-refractivity contribution in [3.05, 3.63) is 34.3 Å². The Morgan fingerprint density at radius 2 is 1.89 bits per heavy atom. The summed E-state index contributed by atoms with van der Waals surface area (Å²) in [5.74, 6) is 0.136. The van der Waals surface area contributed by atoms with Gasteiger partial charge in [-0.2, -0.15) is 0 Å². The quantitative estimate of drug-likeness (QED) is 0.752. The van der Waals surface area contributed by atoms with Gasteiger partial charge in [-0.1, -0.05) is 28.1 Å². The van der Waals surface area contributed by atoms with Crippen LogP contribution in [0.3, 0.4) is 0 Å². The monoisotopic (exact) mass is 334 g/mol. The second-order valence-corrected chi connectivity index (χ2v) is 4.85. The third kappa shape index (κ3) is 7.69. The Morgan fingerprint density at radius 1 is 1.22 bits per heavy atom. The minimum absolute atomic E-state index is 0. The van der Waals surface area contributed by atoms with E-state index in [0.717, 1.165) is 23.9 Å². The van der Waals surface area contributed by atoms with E-state index in [1.54, 1.807) is 0 Å². The molecular formula is C13H20BrClN2O. The molecule has 0 heterocycles. The number of amides is 1. The van der Waals surface area contributed by atoms with E-state index in [2.05, 4.69) is 38.7 Å². The molecule has 1 rings (SSSR count). The zero-order chi connectivity index (χ0) is 12.5. The highest BCUT2D eigenvalue weighted by Crippen LogP contribution is 2.10. The number of carbonyl (C=O) groups is 1. The van der Waals surface area contributed by atoms with Crippen LogP contribution in [0.1, 0.15) is 18.4 Å². The van der Waals surface area contributed by atoms with E-state index in [4.69, 9.17) is 0 Å². The number of benzene rings is 1. The van der Waals surface area contributed by atoms with Gasteiger partial charge in [-0.15, -0.1) is 12.4 Å². The summed E-state index contributed by atoms with van der Waals surface area (Å²) in [6.07, 6.45) is 2.37. The van der Waals surface area contributed by atoms with Crippen LogP contribution in [0, 0.1) is 0 Å². The van der Waals surface area contributed by atoms with Crippen LogP contribution in [0.2, 0.25) is 0 Å². The molecule has 0 aliphatic rings. The van der Waals surface area contributed by atoms with E-state index in [9.17, 15) is 4.79 Å². The first kappa shape index (κ1) is 17.4. The minimum atomic E-state index is 0. The summed E-state index contributed by atoms with van der Waals surface area (Å²) in [5.41, 5.74) is 1.24. The SMILES string of the molecule is CNCCCC(=O)NCCc1ccc(Br)cc1.Cl. The molecule has 0 spiro atoms. The molecule has 0 aliphatic carbocycles. The smallest absolute Gasteiger partial charge is 0.220 e. The fraction of sp³-hybridized carbons (Fsp3) is 0.462. The van der Waals surface area contributed by atoms with Crippen LogP contribution in [-0.4, -0.2) is 26.0 Å². The van der Waals surface area contributed by atoms with E-state index in [-0.39, 0.29) is 18.3 Å². The molecule has 0 unspecified atom stereocenters. The molecule has 0 fully saturated rings.